The van der Waals surface area contributed by atoms with Gasteiger partial charge in [-0.2, -0.15) is 0 Å². The second-order valence-electron chi connectivity index (χ2n) is 9.54. The van der Waals surface area contributed by atoms with Gasteiger partial charge in [0.05, 0.1) is 0 Å². The zero-order valence-electron chi connectivity index (χ0n) is 17.8. The van der Waals surface area contributed by atoms with Crippen LogP contribution >= 0.6 is 0 Å². The largest absolute Gasteiger partial charge is 0.444 e. The maximum atomic E-state index is 12.3. The number of amides is 1. The van der Waals surface area contributed by atoms with E-state index in [0.29, 0.717) is 11.5 Å². The average Bonchev–Trinajstić information content (AvgIpc) is 2.57. The summed E-state index contributed by atoms with van der Waals surface area (Å²) >= 11 is 0. The Bertz CT molecular complexity index is 723. The Hall–Kier alpha value is -2.24. The third kappa shape index (κ3) is 4.59. The second kappa shape index (κ2) is 7.64. The SMILES string of the molecule is CC(C)Nc1cc(N2CC3(CCN(C(=O)OC(C)(C)C)CC3)C2)ccc1C=N. The number of likely N-dealkylation sites (tertiary alicyclic amines) is 1. The molecule has 2 aliphatic rings. The molecule has 1 spiro atoms. The quantitative estimate of drug-likeness (QED) is 0.755. The van der Waals surface area contributed by atoms with Crippen molar-refractivity contribution in [1.82, 2.24) is 4.90 Å². The van der Waals surface area contributed by atoms with Gasteiger partial charge in [-0.05, 0) is 65.7 Å². The van der Waals surface area contributed by atoms with Crippen LogP contribution in [0.3, 0.4) is 0 Å². The lowest BCUT2D eigenvalue weighted by Gasteiger charge is -2.55. The molecule has 3 rings (SSSR count). The van der Waals surface area contributed by atoms with E-state index < -0.39 is 5.60 Å². The zero-order chi connectivity index (χ0) is 20.5. The predicted octanol–water partition coefficient (Wildman–Crippen LogP) is 4.34. The smallest absolute Gasteiger partial charge is 0.410 e. The fraction of sp³-hybridized carbons (Fsp3) is 0.636. The van der Waals surface area contributed by atoms with E-state index in [0.717, 1.165) is 50.3 Å². The number of carbonyl (C=O) groups is 1. The third-order valence-electron chi connectivity index (χ3n) is 5.53. The molecule has 0 radical (unpaired) electrons. The Morgan fingerprint density at radius 1 is 1.25 bits per heavy atom. The fourth-order valence-electron chi connectivity index (χ4n) is 4.06. The van der Waals surface area contributed by atoms with Crippen LogP contribution < -0.4 is 10.2 Å². The molecule has 0 bridgehead atoms. The lowest BCUT2D eigenvalue weighted by atomic mass is 9.72. The summed E-state index contributed by atoms with van der Waals surface area (Å²) in [6.07, 6.45) is 3.26. The van der Waals surface area contributed by atoms with Gasteiger partial charge in [-0.25, -0.2) is 4.79 Å². The molecule has 0 aromatic heterocycles. The van der Waals surface area contributed by atoms with Crippen molar-refractivity contribution in [3.05, 3.63) is 23.8 Å². The first kappa shape index (κ1) is 20.5. The van der Waals surface area contributed by atoms with E-state index in [1.165, 1.54) is 11.9 Å². The summed E-state index contributed by atoms with van der Waals surface area (Å²) in [5.74, 6) is 0. The van der Waals surface area contributed by atoms with Crippen LogP contribution in [0, 0.1) is 10.8 Å². The molecule has 6 nitrogen and oxygen atoms in total. The van der Waals surface area contributed by atoms with Crippen LogP contribution in [0.15, 0.2) is 18.2 Å². The van der Waals surface area contributed by atoms with Crippen molar-refractivity contribution in [2.24, 2.45) is 5.41 Å². The lowest BCUT2D eigenvalue weighted by Crippen LogP contribution is -2.61. The van der Waals surface area contributed by atoms with Gasteiger partial charge in [0.25, 0.3) is 0 Å². The normalized spacial score (nSPS) is 18.8. The molecule has 0 aliphatic carbocycles. The monoisotopic (exact) mass is 386 g/mol. The molecule has 6 heteroatoms. The number of ether oxygens (including phenoxy) is 1. The molecule has 1 aromatic carbocycles. The summed E-state index contributed by atoms with van der Waals surface area (Å²) in [4.78, 5) is 16.5. The van der Waals surface area contributed by atoms with E-state index in [1.807, 2.05) is 31.7 Å². The van der Waals surface area contributed by atoms with Crippen LogP contribution in [0.25, 0.3) is 0 Å². The molecule has 2 N–H and O–H groups in total. The maximum absolute atomic E-state index is 12.3. The van der Waals surface area contributed by atoms with Crippen LogP contribution in [0.4, 0.5) is 16.2 Å². The van der Waals surface area contributed by atoms with Crippen LogP contribution in [0.1, 0.15) is 53.0 Å². The molecular weight excluding hydrogens is 352 g/mol. The Kier molecular flexibility index (Phi) is 5.60. The number of hydrogen-bond donors (Lipinski definition) is 2. The Labute approximate surface area is 168 Å². The number of rotatable bonds is 4. The number of nitrogens with zero attached hydrogens (tertiary/aromatic N) is 2. The van der Waals surface area contributed by atoms with Crippen LogP contribution in [-0.4, -0.2) is 55.0 Å². The molecule has 1 aromatic rings. The Morgan fingerprint density at radius 2 is 1.89 bits per heavy atom. The molecule has 0 saturated carbocycles. The van der Waals surface area contributed by atoms with Gasteiger partial charge >= 0.3 is 6.09 Å². The van der Waals surface area contributed by atoms with E-state index in [9.17, 15) is 4.79 Å². The number of hydrogen-bond acceptors (Lipinski definition) is 5. The van der Waals surface area contributed by atoms with E-state index in [2.05, 4.69) is 36.2 Å². The van der Waals surface area contributed by atoms with Gasteiger partial charge in [0.1, 0.15) is 5.60 Å². The van der Waals surface area contributed by atoms with Crippen LogP contribution in [0.2, 0.25) is 0 Å². The Morgan fingerprint density at radius 3 is 2.43 bits per heavy atom. The zero-order valence-corrected chi connectivity index (χ0v) is 17.8. The molecule has 28 heavy (non-hydrogen) atoms. The second-order valence-corrected chi connectivity index (χ2v) is 9.54. The van der Waals surface area contributed by atoms with Crippen molar-refractivity contribution in [2.75, 3.05) is 36.4 Å². The summed E-state index contributed by atoms with van der Waals surface area (Å²) in [6, 6.07) is 6.61. The van der Waals surface area contributed by atoms with Crippen LogP contribution in [-0.2, 0) is 4.74 Å². The minimum atomic E-state index is -0.441. The number of nitrogens with one attached hydrogen (secondary N) is 2. The molecule has 0 unspecified atom stereocenters. The maximum Gasteiger partial charge on any atom is 0.410 e. The highest BCUT2D eigenvalue weighted by Crippen LogP contribution is 2.43. The predicted molar refractivity (Wildman–Crippen MR) is 115 cm³/mol. The Balaban J connectivity index is 1.58. The van der Waals surface area contributed by atoms with E-state index in [4.69, 9.17) is 10.1 Å². The minimum absolute atomic E-state index is 0.190. The topological polar surface area (TPSA) is 68.7 Å². The highest BCUT2D eigenvalue weighted by molar-refractivity contribution is 5.87. The summed E-state index contributed by atoms with van der Waals surface area (Å²) < 4.78 is 5.51. The number of anilines is 2. The first-order valence-corrected chi connectivity index (χ1v) is 10.2. The van der Waals surface area contributed by atoms with Crippen molar-refractivity contribution in [2.45, 2.75) is 59.1 Å². The molecule has 2 fully saturated rings. The molecule has 154 valence electrons. The molecule has 2 heterocycles. The van der Waals surface area contributed by atoms with Crippen molar-refractivity contribution in [3.63, 3.8) is 0 Å². The highest BCUT2D eigenvalue weighted by Gasteiger charge is 2.46. The van der Waals surface area contributed by atoms with E-state index in [1.54, 1.807) is 0 Å². The summed E-state index contributed by atoms with van der Waals surface area (Å²) in [6.45, 7) is 13.5. The minimum Gasteiger partial charge on any atom is -0.444 e. The molecular formula is C22H34N4O2. The summed E-state index contributed by atoms with van der Waals surface area (Å²) in [7, 11) is 0. The van der Waals surface area contributed by atoms with Gasteiger partial charge in [0.15, 0.2) is 0 Å². The lowest BCUT2D eigenvalue weighted by molar-refractivity contribution is 0.00598. The van der Waals surface area contributed by atoms with Gasteiger partial charge in [0, 0.05) is 60.8 Å². The van der Waals surface area contributed by atoms with Crippen molar-refractivity contribution >= 4 is 23.7 Å². The summed E-state index contributed by atoms with van der Waals surface area (Å²) in [5, 5.41) is 11.0. The van der Waals surface area contributed by atoms with Crippen LogP contribution in [0.5, 0.6) is 0 Å². The first-order chi connectivity index (χ1) is 13.1. The van der Waals surface area contributed by atoms with Gasteiger partial charge in [-0.3, -0.25) is 0 Å². The van der Waals surface area contributed by atoms with Crippen molar-refractivity contribution < 1.29 is 9.53 Å². The highest BCUT2D eigenvalue weighted by atomic mass is 16.6. The van der Waals surface area contributed by atoms with Gasteiger partial charge in [-0.1, -0.05) is 0 Å². The standard InChI is InChI=1S/C22H34N4O2/c1-16(2)24-19-12-18(7-6-17(19)13-23)26-14-22(15-26)8-10-25(11-9-22)20(27)28-21(3,4)5/h6-7,12-13,16,23-24H,8-11,14-15H2,1-5H3. The molecule has 2 saturated heterocycles. The molecule has 2 aliphatic heterocycles. The van der Waals surface area contributed by atoms with Crippen molar-refractivity contribution in [3.8, 4) is 0 Å². The van der Waals surface area contributed by atoms with Crippen molar-refractivity contribution in [1.29, 1.82) is 5.41 Å². The third-order valence-corrected chi connectivity index (χ3v) is 5.53. The molecule has 1 amide bonds. The van der Waals surface area contributed by atoms with Gasteiger partial charge < -0.3 is 25.3 Å². The summed E-state index contributed by atoms with van der Waals surface area (Å²) in [5.41, 5.74) is 3.00. The fourth-order valence-corrected chi connectivity index (χ4v) is 4.06. The van der Waals surface area contributed by atoms with Gasteiger partial charge in [0.2, 0.25) is 0 Å². The average molecular weight is 387 g/mol. The van der Waals surface area contributed by atoms with Gasteiger partial charge in [-0.15, -0.1) is 0 Å². The number of benzene rings is 1. The van der Waals surface area contributed by atoms with E-state index >= 15 is 0 Å². The molecule has 0 atom stereocenters. The number of carbonyl (C=O) groups excluding carboxylic acids is 1. The number of piperidine rings is 1. The van der Waals surface area contributed by atoms with E-state index in [-0.39, 0.29) is 6.09 Å². The first-order valence-electron chi connectivity index (χ1n) is 10.2.